The first-order chi connectivity index (χ1) is 8.60. The van der Waals surface area contributed by atoms with Crippen LogP contribution in [0.25, 0.3) is 10.2 Å². The predicted octanol–water partition coefficient (Wildman–Crippen LogP) is 0.683. The molecule has 0 saturated carbocycles. The van der Waals surface area contributed by atoms with Crippen LogP contribution in [0.3, 0.4) is 0 Å². The fraction of sp³-hybridized carbons (Fsp3) is 0.364. The Bertz CT molecular complexity index is 614. The number of rotatable bonds is 2. The third-order valence-electron chi connectivity index (χ3n) is 3.27. The zero-order valence-corrected chi connectivity index (χ0v) is 10.4. The second-order valence-corrected chi connectivity index (χ2v) is 5.36. The lowest BCUT2D eigenvalue weighted by molar-refractivity contribution is -0.142. The number of carbonyl (C=O) groups is 1. The maximum absolute atomic E-state index is 11.1. The lowest BCUT2D eigenvalue weighted by Gasteiger charge is -2.21. The van der Waals surface area contributed by atoms with Crippen LogP contribution in [0.15, 0.2) is 17.8 Å². The monoisotopic (exact) mass is 264 g/mol. The van der Waals surface area contributed by atoms with Crippen molar-refractivity contribution in [1.82, 2.24) is 9.97 Å². The van der Waals surface area contributed by atoms with Crippen LogP contribution >= 0.6 is 11.3 Å². The van der Waals surface area contributed by atoms with Gasteiger partial charge in [-0.1, -0.05) is 0 Å². The van der Waals surface area contributed by atoms with Crippen LogP contribution in [0, 0.1) is 0 Å². The van der Waals surface area contributed by atoms with Gasteiger partial charge in [0, 0.05) is 13.1 Å². The van der Waals surface area contributed by atoms with Crippen molar-refractivity contribution in [2.45, 2.75) is 12.0 Å². The highest BCUT2D eigenvalue weighted by Crippen LogP contribution is 2.31. The molecular formula is C11H12N4O2S. The van der Waals surface area contributed by atoms with E-state index >= 15 is 0 Å². The van der Waals surface area contributed by atoms with E-state index in [0.29, 0.717) is 13.0 Å². The van der Waals surface area contributed by atoms with E-state index in [1.807, 2.05) is 16.3 Å². The summed E-state index contributed by atoms with van der Waals surface area (Å²) in [5.41, 5.74) is 4.69. The minimum atomic E-state index is -1.17. The predicted molar refractivity (Wildman–Crippen MR) is 68.8 cm³/mol. The van der Waals surface area contributed by atoms with Crippen molar-refractivity contribution in [3.8, 4) is 0 Å². The van der Waals surface area contributed by atoms with Crippen molar-refractivity contribution in [1.29, 1.82) is 0 Å². The summed E-state index contributed by atoms with van der Waals surface area (Å²) in [4.78, 5) is 22.4. The maximum atomic E-state index is 11.1. The van der Waals surface area contributed by atoms with Gasteiger partial charge >= 0.3 is 5.97 Å². The van der Waals surface area contributed by atoms with Crippen molar-refractivity contribution < 1.29 is 9.90 Å². The van der Waals surface area contributed by atoms with Crippen molar-refractivity contribution in [2.75, 3.05) is 18.0 Å². The topological polar surface area (TPSA) is 92.3 Å². The zero-order chi connectivity index (χ0) is 12.8. The highest BCUT2D eigenvalue weighted by Gasteiger charge is 2.42. The number of thiophene rings is 1. The summed E-state index contributed by atoms with van der Waals surface area (Å²) in [6.45, 7) is 0.884. The van der Waals surface area contributed by atoms with Gasteiger partial charge in [-0.2, -0.15) is 0 Å². The molecule has 7 heteroatoms. The van der Waals surface area contributed by atoms with E-state index in [9.17, 15) is 4.79 Å². The fourth-order valence-corrected chi connectivity index (χ4v) is 2.94. The normalized spacial score (nSPS) is 23.7. The Hall–Kier alpha value is -1.73. The van der Waals surface area contributed by atoms with E-state index in [-0.39, 0.29) is 6.54 Å². The fourth-order valence-electron chi connectivity index (χ4n) is 2.22. The molecule has 1 saturated heterocycles. The molecule has 3 heterocycles. The van der Waals surface area contributed by atoms with Crippen LogP contribution in [-0.4, -0.2) is 39.7 Å². The second kappa shape index (κ2) is 3.89. The van der Waals surface area contributed by atoms with Crippen LogP contribution in [0.4, 0.5) is 5.82 Å². The molecule has 3 rings (SSSR count). The molecular weight excluding hydrogens is 252 g/mol. The number of nitrogens with zero attached hydrogens (tertiary/aromatic N) is 3. The van der Waals surface area contributed by atoms with Crippen LogP contribution < -0.4 is 10.6 Å². The number of fused-ring (bicyclic) bond motifs is 1. The Balaban J connectivity index is 1.98. The number of aromatic nitrogens is 2. The SMILES string of the molecule is NC1(C(=O)O)CCN(c2ncnc3sccc23)C1. The van der Waals surface area contributed by atoms with E-state index in [1.165, 1.54) is 6.33 Å². The van der Waals surface area contributed by atoms with Gasteiger partial charge in [-0.25, -0.2) is 9.97 Å². The average molecular weight is 264 g/mol. The van der Waals surface area contributed by atoms with Gasteiger partial charge in [0.25, 0.3) is 0 Å². The lowest BCUT2D eigenvalue weighted by atomic mass is 10.0. The maximum Gasteiger partial charge on any atom is 0.325 e. The number of carboxylic acid groups (broad SMARTS) is 1. The van der Waals surface area contributed by atoms with E-state index < -0.39 is 11.5 Å². The number of aliphatic carboxylic acids is 1. The van der Waals surface area contributed by atoms with E-state index in [2.05, 4.69) is 9.97 Å². The molecule has 2 aromatic heterocycles. The molecule has 1 atom stereocenters. The number of hydrogen-bond donors (Lipinski definition) is 2. The molecule has 0 aromatic carbocycles. The van der Waals surface area contributed by atoms with Crippen molar-refractivity contribution in [3.63, 3.8) is 0 Å². The molecule has 1 unspecified atom stereocenters. The molecule has 1 fully saturated rings. The minimum absolute atomic E-state index is 0.282. The summed E-state index contributed by atoms with van der Waals surface area (Å²) in [5, 5.41) is 12.0. The van der Waals surface area contributed by atoms with Gasteiger partial charge in [0.2, 0.25) is 0 Å². The molecule has 3 N–H and O–H groups in total. The Morgan fingerprint density at radius 3 is 3.11 bits per heavy atom. The zero-order valence-electron chi connectivity index (χ0n) is 9.54. The Labute approximate surface area is 107 Å². The summed E-state index contributed by atoms with van der Waals surface area (Å²) in [6, 6.07) is 1.95. The van der Waals surface area contributed by atoms with Crippen molar-refractivity contribution in [3.05, 3.63) is 17.8 Å². The summed E-state index contributed by atoms with van der Waals surface area (Å²) >= 11 is 1.54. The first kappa shape index (κ1) is 11.4. The van der Waals surface area contributed by atoms with E-state index in [4.69, 9.17) is 10.8 Å². The van der Waals surface area contributed by atoms with E-state index in [1.54, 1.807) is 11.3 Å². The molecule has 1 aliphatic heterocycles. The summed E-state index contributed by atoms with van der Waals surface area (Å²) in [6.07, 6.45) is 1.93. The molecule has 0 amide bonds. The quantitative estimate of drug-likeness (QED) is 0.828. The molecule has 2 aromatic rings. The highest BCUT2D eigenvalue weighted by molar-refractivity contribution is 7.16. The van der Waals surface area contributed by atoms with Crippen LogP contribution in [-0.2, 0) is 4.79 Å². The number of hydrogen-bond acceptors (Lipinski definition) is 6. The van der Waals surface area contributed by atoms with Crippen molar-refractivity contribution >= 4 is 33.3 Å². The standard InChI is InChI=1S/C11H12N4O2S/c12-11(10(16)17)2-3-15(5-11)8-7-1-4-18-9(7)14-6-13-8/h1,4,6H,2-3,5,12H2,(H,16,17). The Kier molecular flexibility index (Phi) is 2.46. The summed E-state index contributed by atoms with van der Waals surface area (Å²) in [7, 11) is 0. The molecule has 0 aliphatic carbocycles. The lowest BCUT2D eigenvalue weighted by Crippen LogP contribution is -2.50. The largest absolute Gasteiger partial charge is 0.480 e. The van der Waals surface area contributed by atoms with Gasteiger partial charge in [0.05, 0.1) is 5.39 Å². The van der Waals surface area contributed by atoms with Gasteiger partial charge in [0.15, 0.2) is 0 Å². The molecule has 94 valence electrons. The van der Waals surface area contributed by atoms with E-state index in [0.717, 1.165) is 16.0 Å². The first-order valence-electron chi connectivity index (χ1n) is 5.56. The summed E-state index contributed by atoms with van der Waals surface area (Å²) in [5.74, 6) is -0.185. The van der Waals surface area contributed by atoms with Crippen LogP contribution in [0.5, 0.6) is 0 Å². The Morgan fingerprint density at radius 2 is 2.39 bits per heavy atom. The van der Waals surface area contributed by atoms with Gasteiger partial charge in [-0.3, -0.25) is 4.79 Å². The van der Waals surface area contributed by atoms with Crippen LogP contribution in [0.2, 0.25) is 0 Å². The van der Waals surface area contributed by atoms with Crippen molar-refractivity contribution in [2.24, 2.45) is 5.73 Å². The molecule has 1 aliphatic rings. The molecule has 0 radical (unpaired) electrons. The number of anilines is 1. The third-order valence-corrected chi connectivity index (χ3v) is 4.09. The average Bonchev–Trinajstić information content (AvgIpc) is 2.95. The van der Waals surface area contributed by atoms with Gasteiger partial charge < -0.3 is 15.7 Å². The highest BCUT2D eigenvalue weighted by atomic mass is 32.1. The first-order valence-corrected chi connectivity index (χ1v) is 6.43. The molecule has 6 nitrogen and oxygen atoms in total. The minimum Gasteiger partial charge on any atom is -0.480 e. The van der Waals surface area contributed by atoms with Crippen LogP contribution in [0.1, 0.15) is 6.42 Å². The number of carboxylic acids is 1. The summed E-state index contributed by atoms with van der Waals surface area (Å²) < 4.78 is 0. The molecule has 0 spiro atoms. The molecule has 0 bridgehead atoms. The van der Waals surface area contributed by atoms with Gasteiger partial charge in [-0.15, -0.1) is 11.3 Å². The molecule has 18 heavy (non-hydrogen) atoms. The Morgan fingerprint density at radius 1 is 1.56 bits per heavy atom. The smallest absolute Gasteiger partial charge is 0.325 e. The van der Waals surface area contributed by atoms with Gasteiger partial charge in [0.1, 0.15) is 22.5 Å². The second-order valence-electron chi connectivity index (χ2n) is 4.47. The number of nitrogens with two attached hydrogens (primary N) is 1. The van der Waals surface area contributed by atoms with Gasteiger partial charge in [-0.05, 0) is 17.9 Å². The third kappa shape index (κ3) is 1.63.